The van der Waals surface area contributed by atoms with Crippen molar-refractivity contribution >= 4 is 11.3 Å². The van der Waals surface area contributed by atoms with E-state index < -0.39 is 0 Å². The molecule has 0 bridgehead atoms. The summed E-state index contributed by atoms with van der Waals surface area (Å²) in [5, 5.41) is 5.76. The highest BCUT2D eigenvalue weighted by Gasteiger charge is 2.03. The third-order valence-electron chi connectivity index (χ3n) is 3.45. The Morgan fingerprint density at radius 1 is 1.06 bits per heavy atom. The van der Waals surface area contributed by atoms with Crippen molar-refractivity contribution in [3.63, 3.8) is 0 Å². The lowest BCUT2D eigenvalue weighted by Gasteiger charge is -2.11. The average molecular weight is 267 g/mol. The van der Waals surface area contributed by atoms with Gasteiger partial charge in [0.1, 0.15) is 0 Å². The van der Waals surface area contributed by atoms with Crippen molar-refractivity contribution in [3.8, 4) is 0 Å². The molecule has 1 aromatic heterocycles. The fourth-order valence-electron chi connectivity index (χ4n) is 2.22. The van der Waals surface area contributed by atoms with Crippen LogP contribution in [0.2, 0.25) is 0 Å². The lowest BCUT2D eigenvalue weighted by atomic mass is 10.1. The molecule has 0 aliphatic rings. The Labute approximate surface area is 117 Å². The molecule has 0 radical (unpaired) electrons. The van der Waals surface area contributed by atoms with Gasteiger partial charge in [-0.1, -0.05) is 57.9 Å². The minimum atomic E-state index is 0.523. The first-order valence-electron chi connectivity index (χ1n) is 7.61. The standard InChI is InChI=1S/C16H29NS/c1-3-4-5-6-7-8-9-10-13-17-15(2)16-12-11-14-18-16/h11-12,14-15,17H,3-10,13H2,1-2H3/t15-/m1/s1. The first-order chi connectivity index (χ1) is 8.84. The second kappa shape index (κ2) is 10.6. The summed E-state index contributed by atoms with van der Waals surface area (Å²) >= 11 is 1.85. The van der Waals surface area contributed by atoms with Crippen LogP contribution in [0.25, 0.3) is 0 Å². The van der Waals surface area contributed by atoms with Crippen LogP contribution in [-0.2, 0) is 0 Å². The van der Waals surface area contributed by atoms with Gasteiger partial charge in [0, 0.05) is 10.9 Å². The number of hydrogen-bond donors (Lipinski definition) is 1. The van der Waals surface area contributed by atoms with Gasteiger partial charge in [0.05, 0.1) is 0 Å². The fraction of sp³-hybridized carbons (Fsp3) is 0.750. The molecule has 0 amide bonds. The molecule has 0 aliphatic carbocycles. The van der Waals surface area contributed by atoms with Crippen LogP contribution in [0, 0.1) is 0 Å². The smallest absolute Gasteiger partial charge is 0.0386 e. The third kappa shape index (κ3) is 7.17. The highest BCUT2D eigenvalue weighted by atomic mass is 32.1. The summed E-state index contributed by atoms with van der Waals surface area (Å²) in [4.78, 5) is 1.45. The van der Waals surface area contributed by atoms with Gasteiger partial charge >= 0.3 is 0 Å². The largest absolute Gasteiger partial charge is 0.309 e. The second-order valence-electron chi connectivity index (χ2n) is 5.17. The first-order valence-corrected chi connectivity index (χ1v) is 8.49. The quantitative estimate of drug-likeness (QED) is 0.519. The SMILES string of the molecule is CCCCCCCCCCN[C@H](C)c1cccs1. The molecule has 0 saturated carbocycles. The fourth-order valence-corrected chi connectivity index (χ4v) is 2.97. The van der Waals surface area contributed by atoms with Crippen LogP contribution in [0.15, 0.2) is 17.5 Å². The molecule has 18 heavy (non-hydrogen) atoms. The van der Waals surface area contributed by atoms with Crippen LogP contribution in [0.5, 0.6) is 0 Å². The van der Waals surface area contributed by atoms with Crippen LogP contribution >= 0.6 is 11.3 Å². The molecule has 0 aliphatic heterocycles. The van der Waals surface area contributed by atoms with Gasteiger partial charge in [0.15, 0.2) is 0 Å². The van der Waals surface area contributed by atoms with E-state index in [0.29, 0.717) is 6.04 Å². The Morgan fingerprint density at radius 2 is 1.72 bits per heavy atom. The van der Waals surface area contributed by atoms with Gasteiger partial charge < -0.3 is 5.32 Å². The van der Waals surface area contributed by atoms with Crippen LogP contribution in [0.4, 0.5) is 0 Å². The minimum Gasteiger partial charge on any atom is -0.309 e. The van der Waals surface area contributed by atoms with E-state index in [1.165, 1.54) is 56.2 Å². The van der Waals surface area contributed by atoms with Crippen LogP contribution in [0.1, 0.15) is 76.1 Å². The number of hydrogen-bond acceptors (Lipinski definition) is 2. The molecule has 0 unspecified atom stereocenters. The summed E-state index contributed by atoms with van der Waals surface area (Å²) in [5.41, 5.74) is 0. The lowest BCUT2D eigenvalue weighted by molar-refractivity contribution is 0.525. The van der Waals surface area contributed by atoms with Gasteiger partial charge in [-0.25, -0.2) is 0 Å². The molecular formula is C16H29NS. The van der Waals surface area contributed by atoms with Gasteiger partial charge in [0.2, 0.25) is 0 Å². The first kappa shape index (κ1) is 15.7. The molecule has 1 aromatic rings. The predicted molar refractivity (Wildman–Crippen MR) is 83.3 cm³/mol. The zero-order valence-electron chi connectivity index (χ0n) is 12.1. The summed E-state index contributed by atoms with van der Waals surface area (Å²) in [5.74, 6) is 0. The second-order valence-corrected chi connectivity index (χ2v) is 6.15. The molecule has 1 nitrogen and oxygen atoms in total. The van der Waals surface area contributed by atoms with Crippen molar-refractivity contribution in [2.45, 2.75) is 71.3 Å². The predicted octanol–water partition coefficient (Wildman–Crippen LogP) is 5.54. The number of rotatable bonds is 11. The number of thiophene rings is 1. The summed E-state index contributed by atoms with van der Waals surface area (Å²) in [7, 11) is 0. The average Bonchev–Trinajstić information content (AvgIpc) is 2.90. The number of nitrogens with one attached hydrogen (secondary N) is 1. The maximum absolute atomic E-state index is 3.61. The molecule has 1 atom stereocenters. The molecule has 1 N–H and O–H groups in total. The molecule has 0 aromatic carbocycles. The zero-order chi connectivity index (χ0) is 13.1. The maximum Gasteiger partial charge on any atom is 0.0386 e. The van der Waals surface area contributed by atoms with E-state index in [-0.39, 0.29) is 0 Å². The van der Waals surface area contributed by atoms with Crippen molar-refractivity contribution in [1.82, 2.24) is 5.32 Å². The molecule has 1 heterocycles. The van der Waals surface area contributed by atoms with Crippen molar-refractivity contribution in [2.24, 2.45) is 0 Å². The Kier molecular flexibility index (Phi) is 9.23. The number of unbranched alkanes of at least 4 members (excludes halogenated alkanes) is 7. The van der Waals surface area contributed by atoms with E-state index in [0.717, 1.165) is 6.54 Å². The summed E-state index contributed by atoms with van der Waals surface area (Å²) in [6, 6.07) is 4.87. The van der Waals surface area contributed by atoms with Crippen LogP contribution in [0.3, 0.4) is 0 Å². The normalized spacial score (nSPS) is 12.8. The minimum absolute atomic E-state index is 0.523. The molecule has 0 fully saturated rings. The van der Waals surface area contributed by atoms with Crippen molar-refractivity contribution in [3.05, 3.63) is 22.4 Å². The Hall–Kier alpha value is -0.340. The van der Waals surface area contributed by atoms with E-state index in [9.17, 15) is 0 Å². The zero-order valence-corrected chi connectivity index (χ0v) is 12.9. The van der Waals surface area contributed by atoms with Gasteiger partial charge in [-0.2, -0.15) is 0 Å². The van der Waals surface area contributed by atoms with Gasteiger partial charge in [-0.05, 0) is 31.3 Å². The topological polar surface area (TPSA) is 12.0 Å². The molecule has 1 rings (SSSR count). The summed E-state index contributed by atoms with van der Waals surface area (Å²) < 4.78 is 0. The highest BCUT2D eigenvalue weighted by Crippen LogP contribution is 2.18. The Bertz CT molecular complexity index is 269. The van der Waals surface area contributed by atoms with Crippen molar-refractivity contribution in [2.75, 3.05) is 6.54 Å². The third-order valence-corrected chi connectivity index (χ3v) is 4.51. The molecule has 2 heteroatoms. The van der Waals surface area contributed by atoms with Crippen molar-refractivity contribution in [1.29, 1.82) is 0 Å². The van der Waals surface area contributed by atoms with E-state index in [4.69, 9.17) is 0 Å². The van der Waals surface area contributed by atoms with E-state index in [1.54, 1.807) is 0 Å². The Balaban J connectivity index is 1.87. The van der Waals surface area contributed by atoms with E-state index in [1.807, 2.05) is 11.3 Å². The molecule has 104 valence electrons. The maximum atomic E-state index is 3.61. The molecule has 0 saturated heterocycles. The Morgan fingerprint density at radius 3 is 2.33 bits per heavy atom. The van der Waals surface area contributed by atoms with E-state index in [2.05, 4.69) is 36.7 Å². The van der Waals surface area contributed by atoms with Gasteiger partial charge in [-0.15, -0.1) is 11.3 Å². The van der Waals surface area contributed by atoms with Crippen LogP contribution < -0.4 is 5.32 Å². The molecular weight excluding hydrogens is 238 g/mol. The monoisotopic (exact) mass is 267 g/mol. The van der Waals surface area contributed by atoms with Crippen molar-refractivity contribution < 1.29 is 0 Å². The highest BCUT2D eigenvalue weighted by molar-refractivity contribution is 7.10. The van der Waals surface area contributed by atoms with E-state index >= 15 is 0 Å². The lowest BCUT2D eigenvalue weighted by Crippen LogP contribution is -2.18. The van der Waals surface area contributed by atoms with Gasteiger partial charge in [-0.3, -0.25) is 0 Å². The summed E-state index contributed by atoms with van der Waals surface area (Å²) in [6.07, 6.45) is 11.2. The van der Waals surface area contributed by atoms with Gasteiger partial charge in [0.25, 0.3) is 0 Å². The van der Waals surface area contributed by atoms with Crippen LogP contribution in [-0.4, -0.2) is 6.54 Å². The molecule has 0 spiro atoms. The summed E-state index contributed by atoms with van der Waals surface area (Å²) in [6.45, 7) is 5.70.